The van der Waals surface area contributed by atoms with E-state index in [0.29, 0.717) is 5.75 Å². The van der Waals surface area contributed by atoms with Crippen LogP contribution in [0, 0.1) is 0 Å². The molecule has 0 spiro atoms. The number of hydrogen-bond donors (Lipinski definition) is 1. The number of carbonyl (C=O) groups is 2. The lowest BCUT2D eigenvalue weighted by Crippen LogP contribution is -2.38. The van der Waals surface area contributed by atoms with Crippen LogP contribution in [0.5, 0.6) is 5.75 Å². The van der Waals surface area contributed by atoms with E-state index in [0.717, 1.165) is 12.0 Å². The fourth-order valence-corrected chi connectivity index (χ4v) is 1.39. The Kier molecular flexibility index (Phi) is 5.85. The van der Waals surface area contributed by atoms with Crippen molar-refractivity contribution in [2.45, 2.75) is 13.3 Å². The van der Waals surface area contributed by atoms with Gasteiger partial charge in [-0.2, -0.15) is 0 Å². The normalized spacial score (nSPS) is 9.84. The minimum Gasteiger partial charge on any atom is -0.484 e. The molecule has 0 aliphatic heterocycles. The average Bonchev–Trinajstić information content (AvgIpc) is 2.42. The molecule has 1 aromatic rings. The molecule has 0 saturated carbocycles. The minimum absolute atomic E-state index is 0.00973. The smallest absolute Gasteiger partial charge is 0.258 e. The molecule has 1 aromatic carbocycles. The zero-order valence-corrected chi connectivity index (χ0v) is 11.6. The number of nitrogens with one attached hydrogen (secondary N) is 1. The maximum Gasteiger partial charge on any atom is 0.258 e. The van der Waals surface area contributed by atoms with Crippen molar-refractivity contribution in [1.29, 1.82) is 0 Å². The second kappa shape index (κ2) is 7.41. The Morgan fingerprint density at radius 2 is 2.05 bits per heavy atom. The second-order valence-corrected chi connectivity index (χ2v) is 4.35. The topological polar surface area (TPSA) is 58.6 Å². The molecule has 1 N–H and O–H groups in total. The van der Waals surface area contributed by atoms with Crippen LogP contribution in [0.2, 0.25) is 0 Å². The molecular formula is C14H20N2O3. The quantitative estimate of drug-likeness (QED) is 0.828. The fraction of sp³-hybridized carbons (Fsp3) is 0.429. The molecule has 1 rings (SSSR count). The molecule has 104 valence electrons. The van der Waals surface area contributed by atoms with Gasteiger partial charge in [0.05, 0.1) is 6.54 Å². The third-order valence-electron chi connectivity index (χ3n) is 2.61. The van der Waals surface area contributed by atoms with E-state index in [9.17, 15) is 9.59 Å². The van der Waals surface area contributed by atoms with Gasteiger partial charge in [0, 0.05) is 14.1 Å². The summed E-state index contributed by atoms with van der Waals surface area (Å²) in [7, 11) is 3.28. The van der Waals surface area contributed by atoms with Crippen LogP contribution >= 0.6 is 0 Å². The highest BCUT2D eigenvalue weighted by molar-refractivity contribution is 5.85. The van der Waals surface area contributed by atoms with Crippen molar-refractivity contribution >= 4 is 11.8 Å². The molecule has 0 aliphatic carbocycles. The van der Waals surface area contributed by atoms with Crippen molar-refractivity contribution in [1.82, 2.24) is 10.2 Å². The zero-order chi connectivity index (χ0) is 14.3. The first-order valence-electron chi connectivity index (χ1n) is 6.21. The van der Waals surface area contributed by atoms with Gasteiger partial charge in [0.15, 0.2) is 6.61 Å². The van der Waals surface area contributed by atoms with E-state index < -0.39 is 0 Å². The largest absolute Gasteiger partial charge is 0.484 e. The van der Waals surface area contributed by atoms with E-state index in [4.69, 9.17) is 4.74 Å². The second-order valence-electron chi connectivity index (χ2n) is 4.35. The van der Waals surface area contributed by atoms with Gasteiger partial charge in [0.25, 0.3) is 5.91 Å². The highest BCUT2D eigenvalue weighted by Crippen LogP contribution is 2.13. The van der Waals surface area contributed by atoms with Crippen LogP contribution in [0.3, 0.4) is 0 Å². The Balaban J connectivity index is 2.35. The Morgan fingerprint density at radius 1 is 1.32 bits per heavy atom. The van der Waals surface area contributed by atoms with Gasteiger partial charge >= 0.3 is 0 Å². The first-order chi connectivity index (χ1) is 9.02. The van der Waals surface area contributed by atoms with Gasteiger partial charge in [-0.1, -0.05) is 19.1 Å². The Hall–Kier alpha value is -2.04. The third kappa shape index (κ3) is 5.42. The lowest BCUT2D eigenvalue weighted by atomic mass is 10.2. The van der Waals surface area contributed by atoms with Gasteiger partial charge in [-0.3, -0.25) is 9.59 Å². The van der Waals surface area contributed by atoms with Crippen LogP contribution < -0.4 is 10.1 Å². The van der Waals surface area contributed by atoms with E-state index in [-0.39, 0.29) is 25.0 Å². The fourth-order valence-electron chi connectivity index (χ4n) is 1.39. The molecule has 2 amide bonds. The summed E-state index contributed by atoms with van der Waals surface area (Å²) in [5.41, 5.74) is 1.15. The van der Waals surface area contributed by atoms with Gasteiger partial charge in [-0.25, -0.2) is 0 Å². The van der Waals surface area contributed by atoms with Gasteiger partial charge in [0.1, 0.15) is 5.75 Å². The maximum absolute atomic E-state index is 11.5. The Morgan fingerprint density at radius 3 is 2.68 bits per heavy atom. The van der Waals surface area contributed by atoms with E-state index in [1.165, 1.54) is 4.90 Å². The van der Waals surface area contributed by atoms with E-state index in [1.807, 2.05) is 18.2 Å². The molecule has 0 saturated heterocycles. The van der Waals surface area contributed by atoms with Crippen molar-refractivity contribution in [2.75, 3.05) is 27.2 Å². The first-order valence-corrected chi connectivity index (χ1v) is 6.21. The number of benzene rings is 1. The van der Waals surface area contributed by atoms with Crippen molar-refractivity contribution in [3.05, 3.63) is 29.8 Å². The van der Waals surface area contributed by atoms with Gasteiger partial charge in [-0.15, -0.1) is 0 Å². The van der Waals surface area contributed by atoms with Gasteiger partial charge < -0.3 is 15.0 Å². The highest BCUT2D eigenvalue weighted by atomic mass is 16.5. The molecule has 5 heteroatoms. The molecule has 5 nitrogen and oxygen atoms in total. The van der Waals surface area contributed by atoms with E-state index >= 15 is 0 Å². The minimum atomic E-state index is -0.308. The molecule has 0 radical (unpaired) electrons. The monoisotopic (exact) mass is 264 g/mol. The average molecular weight is 264 g/mol. The van der Waals surface area contributed by atoms with Crippen molar-refractivity contribution in [3.8, 4) is 5.75 Å². The SMILES string of the molecule is CCc1cccc(OCC(=O)NCC(=O)N(C)C)c1. The first kappa shape index (κ1) is 15.0. The molecule has 0 fully saturated rings. The molecule has 0 bridgehead atoms. The van der Waals surface area contributed by atoms with Gasteiger partial charge in [-0.05, 0) is 24.1 Å². The molecule has 19 heavy (non-hydrogen) atoms. The van der Waals surface area contributed by atoms with Crippen molar-refractivity contribution in [3.63, 3.8) is 0 Å². The molecule has 0 unspecified atom stereocenters. The number of ether oxygens (including phenoxy) is 1. The predicted octanol–water partition coefficient (Wildman–Crippen LogP) is 0.832. The van der Waals surface area contributed by atoms with Crippen LogP contribution in [0.15, 0.2) is 24.3 Å². The van der Waals surface area contributed by atoms with Crippen LogP contribution in [-0.4, -0.2) is 44.0 Å². The zero-order valence-electron chi connectivity index (χ0n) is 11.6. The number of aryl methyl sites for hydroxylation is 1. The predicted molar refractivity (Wildman–Crippen MR) is 73.0 cm³/mol. The Labute approximate surface area is 113 Å². The summed E-state index contributed by atoms with van der Waals surface area (Å²) in [5, 5.41) is 2.51. The third-order valence-corrected chi connectivity index (χ3v) is 2.61. The summed E-state index contributed by atoms with van der Waals surface area (Å²) in [6.07, 6.45) is 0.917. The molecule has 0 heterocycles. The molecular weight excluding hydrogens is 244 g/mol. The van der Waals surface area contributed by atoms with Crippen LogP contribution in [0.4, 0.5) is 0 Å². The number of likely N-dealkylation sites (N-methyl/N-ethyl adjacent to an activating group) is 1. The lowest BCUT2D eigenvalue weighted by Gasteiger charge is -2.11. The van der Waals surface area contributed by atoms with E-state index in [2.05, 4.69) is 12.2 Å². The summed E-state index contributed by atoms with van der Waals surface area (Å²) in [6, 6.07) is 7.60. The summed E-state index contributed by atoms with van der Waals surface area (Å²) in [4.78, 5) is 24.2. The number of amides is 2. The number of rotatable bonds is 6. The van der Waals surface area contributed by atoms with Crippen LogP contribution in [-0.2, 0) is 16.0 Å². The highest BCUT2D eigenvalue weighted by Gasteiger charge is 2.07. The van der Waals surface area contributed by atoms with Crippen LogP contribution in [0.1, 0.15) is 12.5 Å². The number of carbonyl (C=O) groups excluding carboxylic acids is 2. The summed E-state index contributed by atoms with van der Waals surface area (Å²) in [5.74, 6) is 0.201. The van der Waals surface area contributed by atoms with Crippen molar-refractivity contribution in [2.24, 2.45) is 0 Å². The van der Waals surface area contributed by atoms with Gasteiger partial charge in [0.2, 0.25) is 5.91 Å². The number of nitrogens with zero attached hydrogens (tertiary/aromatic N) is 1. The lowest BCUT2D eigenvalue weighted by molar-refractivity contribution is -0.131. The molecule has 0 aromatic heterocycles. The molecule has 0 aliphatic rings. The summed E-state index contributed by atoms with van der Waals surface area (Å²) in [6.45, 7) is 1.96. The van der Waals surface area contributed by atoms with Crippen LogP contribution in [0.25, 0.3) is 0 Å². The maximum atomic E-state index is 11.5. The molecule has 0 atom stereocenters. The van der Waals surface area contributed by atoms with Crippen molar-refractivity contribution < 1.29 is 14.3 Å². The standard InChI is InChI=1S/C14H20N2O3/c1-4-11-6-5-7-12(8-11)19-10-13(17)15-9-14(18)16(2)3/h5-8H,4,9-10H2,1-3H3,(H,15,17). The Bertz CT molecular complexity index is 444. The summed E-state index contributed by atoms with van der Waals surface area (Å²) >= 11 is 0. The summed E-state index contributed by atoms with van der Waals surface area (Å²) < 4.78 is 5.37. The number of hydrogen-bond acceptors (Lipinski definition) is 3. The van der Waals surface area contributed by atoms with E-state index in [1.54, 1.807) is 20.2 Å².